The van der Waals surface area contributed by atoms with Gasteiger partial charge in [-0.25, -0.2) is 4.39 Å². The lowest BCUT2D eigenvalue weighted by atomic mass is 10.2. The highest BCUT2D eigenvalue weighted by Gasteiger charge is 2.12. The highest BCUT2D eigenvalue weighted by Crippen LogP contribution is 2.22. The van der Waals surface area contributed by atoms with Crippen LogP contribution in [0.15, 0.2) is 18.2 Å². The van der Waals surface area contributed by atoms with Crippen LogP contribution in [0.2, 0.25) is 0 Å². The van der Waals surface area contributed by atoms with Crippen molar-refractivity contribution in [2.75, 3.05) is 19.0 Å². The average molecular weight is 293 g/mol. The Morgan fingerprint density at radius 2 is 2.14 bits per heavy atom. The van der Waals surface area contributed by atoms with Crippen molar-refractivity contribution in [2.45, 2.75) is 26.9 Å². The van der Waals surface area contributed by atoms with Gasteiger partial charge in [-0.3, -0.25) is 4.68 Å². The fraction of sp³-hybridized carbons (Fsp3) is 0.400. The molecule has 0 atom stereocenters. The predicted octanol–water partition coefficient (Wildman–Crippen LogP) is 2.25. The number of hydrogen-bond donors (Lipinski definition) is 2. The molecule has 1 aromatic heterocycles. The summed E-state index contributed by atoms with van der Waals surface area (Å²) in [5.74, 6) is 0.275. The predicted molar refractivity (Wildman–Crippen MR) is 79.1 cm³/mol. The molecule has 0 spiro atoms. The summed E-state index contributed by atoms with van der Waals surface area (Å²) >= 11 is 0. The number of rotatable bonds is 6. The lowest BCUT2D eigenvalue weighted by molar-refractivity contribution is 0.268. The van der Waals surface area contributed by atoms with Gasteiger partial charge in [0.25, 0.3) is 0 Å². The number of aromatic nitrogens is 2. The Morgan fingerprint density at radius 1 is 1.38 bits per heavy atom. The molecule has 114 valence electrons. The first-order valence-electron chi connectivity index (χ1n) is 6.78. The number of aryl methyl sites for hydroxylation is 1. The third kappa shape index (κ3) is 3.33. The molecule has 0 radical (unpaired) electrons. The van der Waals surface area contributed by atoms with Crippen LogP contribution >= 0.6 is 0 Å². The monoisotopic (exact) mass is 293 g/mol. The topological polar surface area (TPSA) is 59.3 Å². The maximum absolute atomic E-state index is 13.8. The van der Waals surface area contributed by atoms with Crippen LogP contribution in [0, 0.1) is 19.7 Å². The summed E-state index contributed by atoms with van der Waals surface area (Å²) in [5, 5.41) is 16.4. The van der Waals surface area contributed by atoms with Crippen LogP contribution < -0.4 is 10.1 Å². The summed E-state index contributed by atoms with van der Waals surface area (Å²) < 4.78 is 20.6. The SMILES string of the molecule is COc1ccc(F)c(NCc2c(C)nn(CCO)c2C)c1. The molecule has 2 aromatic rings. The van der Waals surface area contributed by atoms with E-state index in [-0.39, 0.29) is 12.4 Å². The third-order valence-electron chi connectivity index (χ3n) is 3.47. The quantitative estimate of drug-likeness (QED) is 0.857. The van der Waals surface area contributed by atoms with Gasteiger partial charge < -0.3 is 15.2 Å². The van der Waals surface area contributed by atoms with Crippen LogP contribution in [-0.2, 0) is 13.1 Å². The molecule has 0 bridgehead atoms. The Kier molecular flexibility index (Phi) is 4.80. The van der Waals surface area contributed by atoms with E-state index in [0.717, 1.165) is 17.0 Å². The summed E-state index contributed by atoms with van der Waals surface area (Å²) in [6, 6.07) is 4.57. The lowest BCUT2D eigenvalue weighted by Crippen LogP contribution is -2.07. The van der Waals surface area contributed by atoms with Crippen molar-refractivity contribution in [2.24, 2.45) is 0 Å². The number of ether oxygens (including phenoxy) is 1. The first kappa shape index (κ1) is 15.3. The van der Waals surface area contributed by atoms with E-state index in [1.54, 1.807) is 23.9 Å². The number of hydrogen-bond acceptors (Lipinski definition) is 4. The van der Waals surface area contributed by atoms with E-state index >= 15 is 0 Å². The maximum atomic E-state index is 13.8. The third-order valence-corrected chi connectivity index (χ3v) is 3.47. The van der Waals surface area contributed by atoms with E-state index in [4.69, 9.17) is 9.84 Å². The zero-order valence-electron chi connectivity index (χ0n) is 12.5. The molecule has 21 heavy (non-hydrogen) atoms. The number of methoxy groups -OCH3 is 1. The summed E-state index contributed by atoms with van der Waals surface area (Å²) in [7, 11) is 1.55. The molecule has 0 unspecified atom stereocenters. The zero-order chi connectivity index (χ0) is 15.4. The molecule has 1 heterocycles. The standard InChI is InChI=1S/C15H20FN3O2/c1-10-13(11(2)19(18-10)6-7-20)9-17-15-8-12(21-3)4-5-14(15)16/h4-5,8,17,20H,6-7,9H2,1-3H3. The minimum absolute atomic E-state index is 0.0410. The van der Waals surface area contributed by atoms with Crippen LogP contribution in [0.1, 0.15) is 17.0 Å². The Balaban J connectivity index is 2.16. The van der Waals surface area contributed by atoms with E-state index in [1.165, 1.54) is 6.07 Å². The van der Waals surface area contributed by atoms with Gasteiger partial charge in [0.05, 0.1) is 31.6 Å². The Labute approximate surface area is 123 Å². The van der Waals surface area contributed by atoms with E-state index < -0.39 is 0 Å². The Morgan fingerprint density at radius 3 is 2.81 bits per heavy atom. The molecule has 0 saturated heterocycles. The Hall–Kier alpha value is -2.08. The van der Waals surface area contributed by atoms with Crippen LogP contribution in [0.25, 0.3) is 0 Å². The normalized spacial score (nSPS) is 10.7. The first-order valence-corrected chi connectivity index (χ1v) is 6.78. The summed E-state index contributed by atoms with van der Waals surface area (Å²) in [5.41, 5.74) is 3.24. The average Bonchev–Trinajstić information content (AvgIpc) is 2.73. The summed E-state index contributed by atoms with van der Waals surface area (Å²) in [4.78, 5) is 0. The molecule has 0 amide bonds. The van der Waals surface area contributed by atoms with Gasteiger partial charge in [0.2, 0.25) is 0 Å². The molecule has 0 aliphatic rings. The molecular formula is C15H20FN3O2. The number of halogens is 1. The lowest BCUT2D eigenvalue weighted by Gasteiger charge is -2.10. The van der Waals surface area contributed by atoms with Crippen molar-refractivity contribution in [1.82, 2.24) is 9.78 Å². The fourth-order valence-electron chi connectivity index (χ4n) is 2.25. The van der Waals surface area contributed by atoms with Crippen molar-refractivity contribution in [3.63, 3.8) is 0 Å². The number of anilines is 1. The Bertz CT molecular complexity index is 626. The molecule has 0 aliphatic carbocycles. The van der Waals surface area contributed by atoms with Gasteiger partial charge in [0.1, 0.15) is 11.6 Å². The smallest absolute Gasteiger partial charge is 0.146 e. The van der Waals surface area contributed by atoms with Gasteiger partial charge in [-0.05, 0) is 26.0 Å². The second-order valence-electron chi connectivity index (χ2n) is 4.80. The largest absolute Gasteiger partial charge is 0.497 e. The van der Waals surface area contributed by atoms with Crippen LogP contribution in [0.3, 0.4) is 0 Å². The number of benzene rings is 1. The summed E-state index contributed by atoms with van der Waals surface area (Å²) in [6.07, 6.45) is 0. The van der Waals surface area contributed by atoms with Gasteiger partial charge in [0, 0.05) is 23.9 Å². The van der Waals surface area contributed by atoms with Crippen molar-refractivity contribution in [1.29, 1.82) is 0 Å². The summed E-state index contributed by atoms with van der Waals surface area (Å²) in [6.45, 7) is 4.81. The van der Waals surface area contributed by atoms with Gasteiger partial charge in [0.15, 0.2) is 0 Å². The molecule has 0 saturated carbocycles. The van der Waals surface area contributed by atoms with Crippen molar-refractivity contribution in [3.8, 4) is 5.75 Å². The highest BCUT2D eigenvalue weighted by atomic mass is 19.1. The number of nitrogens with one attached hydrogen (secondary N) is 1. The minimum atomic E-state index is -0.325. The molecule has 1 aromatic carbocycles. The minimum Gasteiger partial charge on any atom is -0.497 e. The highest BCUT2D eigenvalue weighted by molar-refractivity contribution is 5.50. The molecule has 2 N–H and O–H groups in total. The van der Waals surface area contributed by atoms with Crippen molar-refractivity contribution >= 4 is 5.69 Å². The van der Waals surface area contributed by atoms with Crippen LogP contribution in [0.5, 0.6) is 5.75 Å². The zero-order valence-corrected chi connectivity index (χ0v) is 12.5. The molecular weight excluding hydrogens is 273 g/mol. The molecule has 0 fully saturated rings. The van der Waals surface area contributed by atoms with E-state index in [2.05, 4.69) is 10.4 Å². The van der Waals surface area contributed by atoms with Crippen LogP contribution in [0.4, 0.5) is 10.1 Å². The van der Waals surface area contributed by atoms with Crippen LogP contribution in [-0.4, -0.2) is 28.6 Å². The molecule has 0 aliphatic heterocycles. The second-order valence-corrected chi connectivity index (χ2v) is 4.80. The molecule has 6 heteroatoms. The van der Waals surface area contributed by atoms with E-state index in [9.17, 15) is 4.39 Å². The van der Waals surface area contributed by atoms with E-state index in [0.29, 0.717) is 24.5 Å². The van der Waals surface area contributed by atoms with Gasteiger partial charge in [-0.1, -0.05) is 0 Å². The first-order chi connectivity index (χ1) is 10.1. The van der Waals surface area contributed by atoms with Gasteiger partial charge >= 0.3 is 0 Å². The van der Waals surface area contributed by atoms with E-state index in [1.807, 2.05) is 13.8 Å². The molecule has 2 rings (SSSR count). The van der Waals surface area contributed by atoms with Gasteiger partial charge in [-0.2, -0.15) is 5.10 Å². The molecule has 5 nitrogen and oxygen atoms in total. The number of nitrogens with zero attached hydrogens (tertiary/aromatic N) is 2. The van der Waals surface area contributed by atoms with Crippen molar-refractivity contribution in [3.05, 3.63) is 41.0 Å². The maximum Gasteiger partial charge on any atom is 0.146 e. The number of aliphatic hydroxyl groups is 1. The van der Waals surface area contributed by atoms with Gasteiger partial charge in [-0.15, -0.1) is 0 Å². The number of aliphatic hydroxyl groups excluding tert-OH is 1. The fourth-order valence-corrected chi connectivity index (χ4v) is 2.25. The second kappa shape index (κ2) is 6.58. The van der Waals surface area contributed by atoms with Crippen molar-refractivity contribution < 1.29 is 14.2 Å².